The molecule has 158 valence electrons. The first-order chi connectivity index (χ1) is 15.1. The van der Waals surface area contributed by atoms with E-state index in [0.717, 1.165) is 32.3 Å². The first-order valence-corrected chi connectivity index (χ1v) is 10.8. The molecule has 0 saturated carbocycles. The fraction of sp³-hybridized carbons (Fsp3) is 0.208. The van der Waals surface area contributed by atoms with Crippen LogP contribution in [-0.2, 0) is 27.3 Å². The van der Waals surface area contributed by atoms with Crippen molar-refractivity contribution < 1.29 is 19.1 Å². The van der Waals surface area contributed by atoms with Gasteiger partial charge in [0, 0.05) is 0 Å². The zero-order valence-electron chi connectivity index (χ0n) is 17.3. The van der Waals surface area contributed by atoms with Crippen molar-refractivity contribution in [2.75, 3.05) is 13.7 Å². The lowest BCUT2D eigenvalue weighted by atomic mass is 10.1. The molecule has 1 aromatic heterocycles. The third-order valence-electron chi connectivity index (χ3n) is 4.87. The summed E-state index contributed by atoms with van der Waals surface area (Å²) in [4.78, 5) is 29.5. The number of amides is 1. The van der Waals surface area contributed by atoms with Crippen molar-refractivity contribution in [1.29, 1.82) is 0 Å². The largest absolute Gasteiger partial charge is 0.494 e. The lowest BCUT2D eigenvalue weighted by Gasteiger charge is -2.05. The van der Waals surface area contributed by atoms with Gasteiger partial charge in [-0.15, -0.1) is 0 Å². The number of methoxy groups -OCH3 is 1. The Labute approximate surface area is 183 Å². The van der Waals surface area contributed by atoms with Crippen LogP contribution in [0.4, 0.5) is 0 Å². The minimum Gasteiger partial charge on any atom is -0.494 e. The zero-order chi connectivity index (χ0) is 21.8. The predicted molar refractivity (Wildman–Crippen MR) is 121 cm³/mol. The molecule has 1 heterocycles. The van der Waals surface area contributed by atoms with Gasteiger partial charge in [-0.3, -0.25) is 9.59 Å². The first-order valence-electron chi connectivity index (χ1n) is 9.95. The molecule has 6 nitrogen and oxygen atoms in total. The van der Waals surface area contributed by atoms with Gasteiger partial charge in [0.1, 0.15) is 12.3 Å². The van der Waals surface area contributed by atoms with Crippen LogP contribution in [0.1, 0.15) is 12.5 Å². The zero-order valence-corrected chi connectivity index (χ0v) is 18.1. The summed E-state index contributed by atoms with van der Waals surface area (Å²) >= 11 is 1.35. The second-order valence-corrected chi connectivity index (χ2v) is 7.98. The van der Waals surface area contributed by atoms with Gasteiger partial charge in [0.05, 0.1) is 30.4 Å². The van der Waals surface area contributed by atoms with Crippen LogP contribution in [0.2, 0.25) is 0 Å². The smallest absolute Gasteiger partial charge is 0.325 e. The third kappa shape index (κ3) is 4.67. The summed E-state index contributed by atoms with van der Waals surface area (Å²) in [7, 11) is 1.34. The number of ether oxygens (including phenoxy) is 2. The maximum absolute atomic E-state index is 12.8. The molecule has 0 radical (unpaired) electrons. The Morgan fingerprint density at radius 2 is 1.84 bits per heavy atom. The van der Waals surface area contributed by atoms with Crippen LogP contribution in [0.3, 0.4) is 0 Å². The highest BCUT2D eigenvalue weighted by Crippen LogP contribution is 2.24. The summed E-state index contributed by atoms with van der Waals surface area (Å²) in [5.74, 6) is 0.0537. The van der Waals surface area contributed by atoms with Crippen molar-refractivity contribution in [2.45, 2.75) is 19.9 Å². The number of hydrogen-bond donors (Lipinski definition) is 0. The molecular weight excluding hydrogens is 412 g/mol. The van der Waals surface area contributed by atoms with Crippen molar-refractivity contribution in [1.82, 2.24) is 4.57 Å². The van der Waals surface area contributed by atoms with Gasteiger partial charge in [-0.05, 0) is 41.5 Å². The van der Waals surface area contributed by atoms with E-state index in [-0.39, 0.29) is 18.9 Å². The van der Waals surface area contributed by atoms with Crippen molar-refractivity contribution in [3.8, 4) is 5.75 Å². The molecule has 0 spiro atoms. The lowest BCUT2D eigenvalue weighted by Crippen LogP contribution is -2.22. The fourth-order valence-electron chi connectivity index (χ4n) is 3.41. The monoisotopic (exact) mass is 434 g/mol. The van der Waals surface area contributed by atoms with E-state index in [4.69, 9.17) is 9.47 Å². The van der Waals surface area contributed by atoms with E-state index in [1.54, 1.807) is 4.57 Å². The fourth-order valence-corrected chi connectivity index (χ4v) is 4.49. The molecule has 31 heavy (non-hydrogen) atoms. The van der Waals surface area contributed by atoms with Gasteiger partial charge in [0.2, 0.25) is 0 Å². The molecule has 4 rings (SSSR count). The summed E-state index contributed by atoms with van der Waals surface area (Å²) in [5.41, 5.74) is 1.70. The number of carbonyl (C=O) groups excluding carboxylic acids is 2. The quantitative estimate of drug-likeness (QED) is 0.429. The molecule has 0 aliphatic heterocycles. The average molecular weight is 435 g/mol. The predicted octanol–water partition coefficient (Wildman–Crippen LogP) is 4.10. The highest BCUT2D eigenvalue weighted by molar-refractivity contribution is 7.16. The molecule has 0 aliphatic carbocycles. The summed E-state index contributed by atoms with van der Waals surface area (Å²) in [6, 6.07) is 19.6. The van der Waals surface area contributed by atoms with Crippen LogP contribution in [0, 0.1) is 0 Å². The summed E-state index contributed by atoms with van der Waals surface area (Å²) in [6.45, 7) is 2.45. The van der Waals surface area contributed by atoms with E-state index in [2.05, 4.69) is 4.99 Å². The van der Waals surface area contributed by atoms with Crippen molar-refractivity contribution in [3.05, 3.63) is 71.0 Å². The molecule has 0 atom stereocenters. The van der Waals surface area contributed by atoms with Crippen molar-refractivity contribution >= 4 is 44.2 Å². The Morgan fingerprint density at radius 3 is 2.61 bits per heavy atom. The second kappa shape index (κ2) is 9.14. The van der Waals surface area contributed by atoms with Gasteiger partial charge < -0.3 is 14.0 Å². The van der Waals surface area contributed by atoms with E-state index in [1.807, 2.05) is 67.6 Å². The SMILES string of the molecule is CCOc1ccc2c(c1)sc(=NC(=O)Cc1ccc3ccccc3c1)n2CC(=O)OC. The minimum atomic E-state index is -0.406. The van der Waals surface area contributed by atoms with E-state index in [1.165, 1.54) is 18.4 Å². The average Bonchev–Trinajstić information content (AvgIpc) is 3.09. The molecule has 0 saturated heterocycles. The lowest BCUT2D eigenvalue weighted by molar-refractivity contribution is -0.141. The number of nitrogens with zero attached hydrogens (tertiary/aromatic N) is 2. The number of carbonyl (C=O) groups is 2. The topological polar surface area (TPSA) is 69.9 Å². The van der Waals surface area contributed by atoms with Gasteiger partial charge in [0.25, 0.3) is 5.91 Å². The van der Waals surface area contributed by atoms with E-state index >= 15 is 0 Å². The Balaban J connectivity index is 1.70. The number of esters is 1. The third-order valence-corrected chi connectivity index (χ3v) is 5.91. The van der Waals surface area contributed by atoms with E-state index in [9.17, 15) is 9.59 Å². The molecular formula is C24H22N2O4S. The number of hydrogen-bond acceptors (Lipinski definition) is 5. The molecule has 7 heteroatoms. The standard InChI is InChI=1S/C24H22N2O4S/c1-3-30-19-10-11-20-21(14-19)31-24(26(20)15-23(28)29-2)25-22(27)13-16-8-9-17-6-4-5-7-18(17)12-16/h4-12,14H,3,13,15H2,1-2H3. The molecule has 0 N–H and O–H groups in total. The van der Waals surface area contributed by atoms with Gasteiger partial charge >= 0.3 is 5.97 Å². The highest BCUT2D eigenvalue weighted by Gasteiger charge is 2.13. The van der Waals surface area contributed by atoms with Gasteiger partial charge in [-0.2, -0.15) is 4.99 Å². The number of thiazole rings is 1. The summed E-state index contributed by atoms with van der Waals surface area (Å²) in [6.07, 6.45) is 0.182. The van der Waals surface area contributed by atoms with Crippen LogP contribution in [0.5, 0.6) is 5.75 Å². The van der Waals surface area contributed by atoms with Crippen LogP contribution in [-0.4, -0.2) is 30.2 Å². The molecule has 0 fully saturated rings. The number of aromatic nitrogens is 1. The van der Waals surface area contributed by atoms with Crippen LogP contribution < -0.4 is 9.54 Å². The van der Waals surface area contributed by atoms with Gasteiger partial charge in [0.15, 0.2) is 4.80 Å². The number of fused-ring (bicyclic) bond motifs is 2. The normalized spacial score (nSPS) is 11.7. The van der Waals surface area contributed by atoms with Crippen molar-refractivity contribution in [3.63, 3.8) is 0 Å². The Kier molecular flexibility index (Phi) is 6.13. The van der Waals surface area contributed by atoms with Gasteiger partial charge in [-0.25, -0.2) is 0 Å². The molecule has 0 aliphatic rings. The summed E-state index contributed by atoms with van der Waals surface area (Å²) < 4.78 is 13.0. The Bertz CT molecular complexity index is 1340. The van der Waals surface area contributed by atoms with Crippen LogP contribution in [0.15, 0.2) is 65.7 Å². The Hall–Kier alpha value is -3.45. The minimum absolute atomic E-state index is 0.0213. The number of benzene rings is 3. The van der Waals surface area contributed by atoms with Crippen LogP contribution >= 0.6 is 11.3 Å². The van der Waals surface area contributed by atoms with E-state index in [0.29, 0.717) is 11.4 Å². The molecule has 0 unspecified atom stereocenters. The van der Waals surface area contributed by atoms with Crippen LogP contribution in [0.25, 0.3) is 21.0 Å². The van der Waals surface area contributed by atoms with E-state index < -0.39 is 5.97 Å². The highest BCUT2D eigenvalue weighted by atomic mass is 32.1. The second-order valence-electron chi connectivity index (χ2n) is 6.97. The van der Waals surface area contributed by atoms with Crippen molar-refractivity contribution in [2.24, 2.45) is 4.99 Å². The van der Waals surface area contributed by atoms with Gasteiger partial charge in [-0.1, -0.05) is 53.8 Å². The molecule has 0 bridgehead atoms. The Morgan fingerprint density at radius 1 is 1.03 bits per heavy atom. The molecule has 4 aromatic rings. The maximum atomic E-state index is 12.8. The summed E-state index contributed by atoms with van der Waals surface area (Å²) in [5, 5.41) is 2.21. The molecule has 3 aromatic carbocycles. The molecule has 1 amide bonds. The maximum Gasteiger partial charge on any atom is 0.325 e. The first kappa shape index (κ1) is 20.8. The number of rotatable bonds is 6.